The van der Waals surface area contributed by atoms with Crippen LogP contribution in [0.1, 0.15) is 91.9 Å². The Morgan fingerprint density at radius 3 is 1.97 bits per heavy atom. The van der Waals surface area contributed by atoms with Crippen LogP contribution in [0, 0.1) is 0 Å². The van der Waals surface area contributed by atoms with Gasteiger partial charge in [0.25, 0.3) is 5.91 Å². The predicted molar refractivity (Wildman–Crippen MR) is 147 cm³/mol. The molecule has 1 aromatic heterocycles. The van der Waals surface area contributed by atoms with Crippen LogP contribution in [0.4, 0.5) is 10.3 Å². The van der Waals surface area contributed by atoms with Gasteiger partial charge in [-0.2, -0.15) is 0 Å². The van der Waals surface area contributed by atoms with E-state index in [9.17, 15) is 13.2 Å². The molecule has 0 bridgehead atoms. The molecule has 0 aliphatic rings. The molecule has 2 aromatic carbocycles. The van der Waals surface area contributed by atoms with Crippen molar-refractivity contribution in [1.29, 1.82) is 0 Å². The van der Waals surface area contributed by atoms with Crippen LogP contribution in [0.2, 0.25) is 0 Å². The van der Waals surface area contributed by atoms with Crippen LogP contribution in [0.5, 0.6) is 0 Å². The van der Waals surface area contributed by atoms with Gasteiger partial charge in [0, 0.05) is 12.1 Å². The average Bonchev–Trinajstić information content (AvgIpc) is 3.24. The highest BCUT2D eigenvalue weighted by Gasteiger charge is 2.23. The Bertz CT molecular complexity index is 1280. The lowest BCUT2D eigenvalue weighted by molar-refractivity contribution is 0.102. The highest BCUT2D eigenvalue weighted by Crippen LogP contribution is 2.33. The number of hydrogen-bond donors (Lipinski definition) is 3. The molecule has 1 heterocycles. The summed E-state index contributed by atoms with van der Waals surface area (Å²) in [6, 6.07) is 10.8. The lowest BCUT2D eigenvalue weighted by atomic mass is 9.84. The van der Waals surface area contributed by atoms with Crippen LogP contribution < -0.4 is 15.8 Å². The molecule has 3 rings (SSSR count). The van der Waals surface area contributed by atoms with Crippen molar-refractivity contribution in [2.24, 2.45) is 5.14 Å². The number of nitrogens with one attached hydrogen (secondary N) is 2. The van der Waals surface area contributed by atoms with Crippen molar-refractivity contribution in [1.82, 2.24) is 10.2 Å². The maximum atomic E-state index is 13.4. The van der Waals surface area contributed by atoms with Gasteiger partial charge in [0.2, 0.25) is 20.3 Å². The molecule has 4 N–H and O–H groups in total. The number of rotatable bonds is 10. The van der Waals surface area contributed by atoms with E-state index in [0.29, 0.717) is 29.1 Å². The molecule has 3 aromatic rings. The molecule has 36 heavy (non-hydrogen) atoms. The zero-order valence-electron chi connectivity index (χ0n) is 21.6. The summed E-state index contributed by atoms with van der Waals surface area (Å²) in [6.45, 7) is 13.3. The van der Waals surface area contributed by atoms with Gasteiger partial charge in [-0.3, -0.25) is 10.1 Å². The van der Waals surface area contributed by atoms with Gasteiger partial charge < -0.3 is 5.32 Å². The molecule has 0 aliphatic heterocycles. The fraction of sp³-hybridized carbons (Fsp3) is 0.423. The number of amides is 1. The van der Waals surface area contributed by atoms with Crippen molar-refractivity contribution in [3.63, 3.8) is 0 Å². The van der Waals surface area contributed by atoms with Gasteiger partial charge >= 0.3 is 0 Å². The molecule has 0 saturated carbocycles. The van der Waals surface area contributed by atoms with E-state index in [1.807, 2.05) is 0 Å². The number of hydrogen-bond acceptors (Lipinski definition) is 7. The summed E-state index contributed by atoms with van der Waals surface area (Å²) in [6.07, 6.45) is 0.657. The molecular weight excluding hydrogens is 494 g/mol. The zero-order valence-corrected chi connectivity index (χ0v) is 23.3. The first kappa shape index (κ1) is 27.8. The Kier molecular flexibility index (Phi) is 8.86. The van der Waals surface area contributed by atoms with Gasteiger partial charge in [-0.1, -0.05) is 77.1 Å². The molecule has 0 aliphatic carbocycles. The molecule has 194 valence electrons. The fourth-order valence-corrected chi connectivity index (χ4v) is 5.06. The maximum Gasteiger partial charge on any atom is 0.258 e. The molecule has 8 nitrogen and oxygen atoms in total. The summed E-state index contributed by atoms with van der Waals surface area (Å²) >= 11 is 1.27. The lowest BCUT2D eigenvalue weighted by Crippen LogP contribution is -2.19. The fourth-order valence-electron chi connectivity index (χ4n) is 3.88. The van der Waals surface area contributed by atoms with Gasteiger partial charge in [-0.05, 0) is 58.6 Å². The molecule has 0 spiro atoms. The summed E-state index contributed by atoms with van der Waals surface area (Å²) in [5.74, 6) is 0.608. The molecular formula is C26H35N5O3S2. The third-order valence-corrected chi connectivity index (χ3v) is 7.67. The minimum absolute atomic E-state index is 0.0869. The molecule has 1 amide bonds. The number of aromatic nitrogens is 2. The van der Waals surface area contributed by atoms with E-state index in [1.54, 1.807) is 12.1 Å². The standard InChI is InChI=1S/C26H35N5O3S2/c1-15(2)19-13-21(16(3)4)23(22(14-19)17(5)6)24(32)29-26-31-30-25(35-26)28-12-11-18-7-9-20(10-8-18)36(27,33)34/h7-10,13-17H,11-12H2,1-6H3,(H,28,30)(H2,27,33,34)(H,29,31,32). The molecule has 10 heteroatoms. The first-order chi connectivity index (χ1) is 16.9. The second-order valence-corrected chi connectivity index (χ2v) is 12.3. The second kappa shape index (κ2) is 11.5. The number of carbonyl (C=O) groups excluding carboxylic acids is 1. The van der Waals surface area contributed by atoms with E-state index in [2.05, 4.69) is 74.5 Å². The minimum atomic E-state index is -3.70. The number of carbonyl (C=O) groups is 1. The Morgan fingerprint density at radius 2 is 1.47 bits per heavy atom. The number of nitrogens with zero attached hydrogens (tertiary/aromatic N) is 2. The van der Waals surface area contributed by atoms with E-state index >= 15 is 0 Å². The normalized spacial score (nSPS) is 11.9. The maximum absolute atomic E-state index is 13.4. The monoisotopic (exact) mass is 529 g/mol. The Balaban J connectivity index is 1.69. The highest BCUT2D eigenvalue weighted by atomic mass is 32.2. The van der Waals surface area contributed by atoms with Crippen LogP contribution in [-0.2, 0) is 16.4 Å². The van der Waals surface area contributed by atoms with Crippen molar-refractivity contribution < 1.29 is 13.2 Å². The number of primary sulfonamides is 1. The zero-order chi connectivity index (χ0) is 26.6. The van der Waals surface area contributed by atoms with E-state index < -0.39 is 10.0 Å². The van der Waals surface area contributed by atoms with Crippen molar-refractivity contribution in [2.75, 3.05) is 17.2 Å². The van der Waals surface area contributed by atoms with Crippen LogP contribution >= 0.6 is 11.3 Å². The van der Waals surface area contributed by atoms with Crippen molar-refractivity contribution in [3.05, 3.63) is 64.2 Å². The topological polar surface area (TPSA) is 127 Å². The Morgan fingerprint density at radius 1 is 0.917 bits per heavy atom. The van der Waals surface area contributed by atoms with Crippen LogP contribution in [0.25, 0.3) is 0 Å². The number of benzene rings is 2. The number of nitrogens with two attached hydrogens (primary N) is 1. The van der Waals surface area contributed by atoms with E-state index in [1.165, 1.54) is 29.0 Å². The third kappa shape index (κ3) is 6.89. The van der Waals surface area contributed by atoms with Crippen molar-refractivity contribution in [2.45, 2.75) is 70.6 Å². The lowest BCUT2D eigenvalue weighted by Gasteiger charge is -2.22. The second-order valence-electron chi connectivity index (χ2n) is 9.77. The number of sulfonamides is 1. The third-order valence-electron chi connectivity index (χ3n) is 5.95. The summed E-state index contributed by atoms with van der Waals surface area (Å²) in [7, 11) is -3.70. The first-order valence-corrected chi connectivity index (χ1v) is 14.4. The smallest absolute Gasteiger partial charge is 0.258 e. The number of anilines is 2. The highest BCUT2D eigenvalue weighted by molar-refractivity contribution is 7.89. The van der Waals surface area contributed by atoms with Gasteiger partial charge in [0.15, 0.2) is 0 Å². The molecule has 0 saturated heterocycles. The Hall–Kier alpha value is -2.82. The molecule has 0 fully saturated rings. The van der Waals surface area contributed by atoms with Crippen LogP contribution in [-0.4, -0.2) is 31.1 Å². The molecule has 0 atom stereocenters. The van der Waals surface area contributed by atoms with E-state index in [-0.39, 0.29) is 22.6 Å². The van der Waals surface area contributed by atoms with Crippen LogP contribution in [0.3, 0.4) is 0 Å². The van der Waals surface area contributed by atoms with Crippen LogP contribution in [0.15, 0.2) is 41.3 Å². The summed E-state index contributed by atoms with van der Waals surface area (Å²) in [4.78, 5) is 13.5. The van der Waals surface area contributed by atoms with E-state index in [4.69, 9.17) is 5.14 Å². The molecule has 0 unspecified atom stereocenters. The SMILES string of the molecule is CC(C)c1cc(C(C)C)c(C(=O)Nc2nnc(NCCc3ccc(S(N)(=O)=O)cc3)s2)c(C(C)C)c1. The summed E-state index contributed by atoms with van der Waals surface area (Å²) in [5, 5.41) is 20.6. The largest absolute Gasteiger partial charge is 0.360 e. The Labute approximate surface area is 217 Å². The molecule has 0 radical (unpaired) electrons. The first-order valence-electron chi connectivity index (χ1n) is 12.0. The van der Waals surface area contributed by atoms with Crippen molar-refractivity contribution in [3.8, 4) is 0 Å². The summed E-state index contributed by atoms with van der Waals surface area (Å²) in [5.41, 5.74) is 5.00. The summed E-state index contributed by atoms with van der Waals surface area (Å²) < 4.78 is 22.8. The van der Waals surface area contributed by atoms with Gasteiger partial charge in [0.1, 0.15) is 0 Å². The van der Waals surface area contributed by atoms with Gasteiger partial charge in [-0.25, -0.2) is 13.6 Å². The average molecular weight is 530 g/mol. The van der Waals surface area contributed by atoms with Gasteiger partial charge in [0.05, 0.1) is 4.90 Å². The van der Waals surface area contributed by atoms with E-state index in [0.717, 1.165) is 22.3 Å². The predicted octanol–water partition coefficient (Wildman–Crippen LogP) is 5.46. The van der Waals surface area contributed by atoms with Crippen molar-refractivity contribution >= 4 is 37.5 Å². The minimum Gasteiger partial charge on any atom is -0.360 e. The quantitative estimate of drug-likeness (QED) is 0.320. The van der Waals surface area contributed by atoms with Gasteiger partial charge in [-0.15, -0.1) is 10.2 Å².